The third-order valence-electron chi connectivity index (χ3n) is 5.34. The predicted octanol–water partition coefficient (Wildman–Crippen LogP) is 2.22. The van der Waals surface area contributed by atoms with E-state index < -0.39 is 0 Å². The van der Waals surface area contributed by atoms with E-state index in [2.05, 4.69) is 21.7 Å². The summed E-state index contributed by atoms with van der Waals surface area (Å²) in [6.45, 7) is 2.68. The van der Waals surface area contributed by atoms with Gasteiger partial charge in [-0.15, -0.1) is 0 Å². The Morgan fingerprint density at radius 2 is 2.17 bits per heavy atom. The average Bonchev–Trinajstić information content (AvgIpc) is 3.04. The molecule has 1 unspecified atom stereocenters. The molecule has 2 aliphatic rings. The van der Waals surface area contributed by atoms with Gasteiger partial charge >= 0.3 is 0 Å². The fourth-order valence-electron chi connectivity index (χ4n) is 3.88. The summed E-state index contributed by atoms with van der Waals surface area (Å²) in [5, 5.41) is 7.54. The summed E-state index contributed by atoms with van der Waals surface area (Å²) in [4.78, 5) is 29.2. The standard InChI is InChI=1S/C18H21N3O2S/c22-16-9-14(1-5-20-16)17(23)21(11-13-2-8-24-12-13)15-10-18(15)3-6-19-7-4-18/h1-2,5,8-9,12,15,19H,3-4,6-7,10-11H2,(H,20,22). The van der Waals surface area contributed by atoms with Gasteiger partial charge < -0.3 is 15.2 Å². The van der Waals surface area contributed by atoms with Crippen LogP contribution in [0.3, 0.4) is 0 Å². The largest absolute Gasteiger partial charge is 0.331 e. The summed E-state index contributed by atoms with van der Waals surface area (Å²) >= 11 is 1.65. The zero-order valence-corrected chi connectivity index (χ0v) is 14.3. The van der Waals surface area contributed by atoms with Crippen LogP contribution in [-0.2, 0) is 6.54 Å². The van der Waals surface area contributed by atoms with E-state index in [1.165, 1.54) is 6.07 Å². The van der Waals surface area contributed by atoms with Crippen molar-refractivity contribution in [2.75, 3.05) is 13.1 Å². The van der Waals surface area contributed by atoms with Crippen LogP contribution >= 0.6 is 11.3 Å². The summed E-state index contributed by atoms with van der Waals surface area (Å²) in [6, 6.07) is 5.45. The van der Waals surface area contributed by atoms with Crippen LogP contribution in [0, 0.1) is 5.41 Å². The molecule has 1 saturated carbocycles. The van der Waals surface area contributed by atoms with Gasteiger partial charge in [0.15, 0.2) is 0 Å². The first-order chi connectivity index (χ1) is 11.7. The minimum absolute atomic E-state index is 0.0345. The number of nitrogens with zero attached hydrogens (tertiary/aromatic N) is 1. The van der Waals surface area contributed by atoms with Crippen LogP contribution in [-0.4, -0.2) is 34.9 Å². The molecule has 2 aromatic rings. The van der Waals surface area contributed by atoms with Gasteiger partial charge in [-0.05, 0) is 66.2 Å². The Kier molecular flexibility index (Phi) is 4.02. The highest BCUT2D eigenvalue weighted by Gasteiger charge is 2.57. The molecular formula is C18H21N3O2S. The molecule has 2 fully saturated rings. The van der Waals surface area contributed by atoms with Gasteiger partial charge in [0.05, 0.1) is 0 Å². The lowest BCUT2D eigenvalue weighted by molar-refractivity contribution is 0.0692. The zero-order chi connectivity index (χ0) is 16.6. The molecule has 1 spiro atoms. The van der Waals surface area contributed by atoms with Crippen LogP contribution in [0.2, 0.25) is 0 Å². The lowest BCUT2D eigenvalue weighted by Gasteiger charge is -2.29. The van der Waals surface area contributed by atoms with Crippen molar-refractivity contribution in [1.82, 2.24) is 15.2 Å². The summed E-state index contributed by atoms with van der Waals surface area (Å²) in [6.07, 6.45) is 4.88. The van der Waals surface area contributed by atoms with Gasteiger partial charge in [0.25, 0.3) is 5.91 Å². The van der Waals surface area contributed by atoms with E-state index in [1.54, 1.807) is 23.6 Å². The third-order valence-corrected chi connectivity index (χ3v) is 6.07. The number of rotatable bonds is 4. The minimum atomic E-state index is -0.233. The summed E-state index contributed by atoms with van der Waals surface area (Å²) in [5.74, 6) is -0.0345. The van der Waals surface area contributed by atoms with Crippen molar-refractivity contribution >= 4 is 17.2 Å². The molecule has 2 aromatic heterocycles. The first kappa shape index (κ1) is 15.6. The number of pyridine rings is 1. The minimum Gasteiger partial charge on any atom is -0.331 e. The number of hydrogen-bond acceptors (Lipinski definition) is 4. The van der Waals surface area contributed by atoms with Crippen molar-refractivity contribution < 1.29 is 4.79 Å². The number of aromatic nitrogens is 1. The maximum atomic E-state index is 13.1. The van der Waals surface area contributed by atoms with E-state index in [0.29, 0.717) is 12.1 Å². The summed E-state index contributed by atoms with van der Waals surface area (Å²) in [5.41, 5.74) is 1.68. The smallest absolute Gasteiger partial charge is 0.254 e. The predicted molar refractivity (Wildman–Crippen MR) is 94.2 cm³/mol. The molecule has 24 heavy (non-hydrogen) atoms. The number of carbonyl (C=O) groups excluding carboxylic acids is 1. The van der Waals surface area contributed by atoms with Gasteiger partial charge in [-0.25, -0.2) is 0 Å². The first-order valence-corrected chi connectivity index (χ1v) is 9.34. The highest BCUT2D eigenvalue weighted by Crippen LogP contribution is 2.56. The van der Waals surface area contributed by atoms with Gasteiger partial charge in [0.1, 0.15) is 0 Å². The number of piperidine rings is 1. The zero-order valence-electron chi connectivity index (χ0n) is 13.5. The fraction of sp³-hybridized carbons (Fsp3) is 0.444. The molecule has 6 heteroatoms. The number of aromatic amines is 1. The summed E-state index contributed by atoms with van der Waals surface area (Å²) in [7, 11) is 0. The fourth-order valence-corrected chi connectivity index (χ4v) is 4.54. The summed E-state index contributed by atoms with van der Waals surface area (Å²) < 4.78 is 0. The highest BCUT2D eigenvalue weighted by atomic mass is 32.1. The molecular weight excluding hydrogens is 322 g/mol. The van der Waals surface area contributed by atoms with Gasteiger partial charge in [-0.1, -0.05) is 0 Å². The Morgan fingerprint density at radius 3 is 2.88 bits per heavy atom. The monoisotopic (exact) mass is 343 g/mol. The van der Waals surface area contributed by atoms with Crippen molar-refractivity contribution in [2.45, 2.75) is 31.8 Å². The van der Waals surface area contributed by atoms with Gasteiger partial charge in [0, 0.05) is 30.4 Å². The van der Waals surface area contributed by atoms with Crippen molar-refractivity contribution in [3.8, 4) is 0 Å². The topological polar surface area (TPSA) is 65.2 Å². The van der Waals surface area contributed by atoms with Crippen molar-refractivity contribution in [1.29, 1.82) is 0 Å². The Labute approximate surface area is 144 Å². The molecule has 1 saturated heterocycles. The highest BCUT2D eigenvalue weighted by molar-refractivity contribution is 7.07. The second-order valence-electron chi connectivity index (χ2n) is 6.84. The molecule has 1 atom stereocenters. The molecule has 2 N–H and O–H groups in total. The quantitative estimate of drug-likeness (QED) is 0.895. The van der Waals surface area contributed by atoms with E-state index in [-0.39, 0.29) is 22.9 Å². The number of amides is 1. The van der Waals surface area contributed by atoms with Crippen molar-refractivity contribution in [3.63, 3.8) is 0 Å². The number of nitrogens with one attached hydrogen (secondary N) is 2. The van der Waals surface area contributed by atoms with Crippen molar-refractivity contribution in [2.24, 2.45) is 5.41 Å². The Morgan fingerprint density at radius 1 is 1.33 bits per heavy atom. The van der Waals surface area contributed by atoms with Gasteiger partial charge in [-0.2, -0.15) is 11.3 Å². The average molecular weight is 343 g/mol. The van der Waals surface area contributed by atoms with E-state index in [9.17, 15) is 9.59 Å². The van der Waals surface area contributed by atoms with Crippen LogP contribution in [0.1, 0.15) is 35.2 Å². The van der Waals surface area contributed by atoms with Crippen molar-refractivity contribution in [3.05, 3.63) is 56.6 Å². The van der Waals surface area contributed by atoms with Crippen LogP contribution in [0.25, 0.3) is 0 Å². The Hall–Kier alpha value is -1.92. The van der Waals surface area contributed by atoms with Gasteiger partial charge in [0.2, 0.25) is 5.56 Å². The molecule has 5 nitrogen and oxygen atoms in total. The molecule has 126 valence electrons. The molecule has 1 aliphatic heterocycles. The molecule has 0 aromatic carbocycles. The van der Waals surface area contributed by atoms with Gasteiger partial charge in [-0.3, -0.25) is 9.59 Å². The SMILES string of the molecule is O=C(c1cc[nH]c(=O)c1)N(Cc1ccsc1)C1CC12CCNCC2. The van der Waals surface area contributed by atoms with Crippen LogP contribution in [0.15, 0.2) is 40.0 Å². The second-order valence-corrected chi connectivity index (χ2v) is 7.62. The lowest BCUT2D eigenvalue weighted by atomic mass is 9.93. The maximum absolute atomic E-state index is 13.1. The molecule has 4 rings (SSSR count). The van der Waals surface area contributed by atoms with E-state index in [1.807, 2.05) is 10.3 Å². The Balaban J connectivity index is 1.61. The molecule has 0 bridgehead atoms. The Bertz CT molecular complexity index is 778. The van der Waals surface area contributed by atoms with E-state index >= 15 is 0 Å². The molecule has 1 amide bonds. The first-order valence-electron chi connectivity index (χ1n) is 8.39. The van der Waals surface area contributed by atoms with Crippen LogP contribution in [0.4, 0.5) is 0 Å². The number of thiophene rings is 1. The number of carbonyl (C=O) groups is 1. The molecule has 1 aliphatic carbocycles. The third kappa shape index (κ3) is 2.91. The second kappa shape index (κ2) is 6.18. The number of hydrogen-bond donors (Lipinski definition) is 2. The molecule has 3 heterocycles. The normalized spacial score (nSPS) is 21.6. The van der Waals surface area contributed by atoms with Crippen LogP contribution in [0.5, 0.6) is 0 Å². The molecule has 0 radical (unpaired) electrons. The van der Waals surface area contributed by atoms with Crippen LogP contribution < -0.4 is 10.9 Å². The van der Waals surface area contributed by atoms with E-state index in [0.717, 1.165) is 37.9 Å². The lowest BCUT2D eigenvalue weighted by Crippen LogP contribution is -2.39. The maximum Gasteiger partial charge on any atom is 0.254 e. The number of H-pyrrole nitrogens is 1. The van der Waals surface area contributed by atoms with E-state index in [4.69, 9.17) is 0 Å².